The number of para-hydroxylation sites is 1. The van der Waals surface area contributed by atoms with Gasteiger partial charge in [-0.15, -0.1) is 0 Å². The highest BCUT2D eigenvalue weighted by Gasteiger charge is 2.42. The van der Waals surface area contributed by atoms with Crippen LogP contribution in [0.2, 0.25) is 5.02 Å². The van der Waals surface area contributed by atoms with Gasteiger partial charge in [0.15, 0.2) is 4.32 Å². The van der Waals surface area contributed by atoms with Gasteiger partial charge in [0.1, 0.15) is 6.73 Å². The monoisotopic (exact) mass is 416 g/mol. The fraction of sp³-hybridized carbons (Fsp3) is 0.105. The smallest absolute Gasteiger partial charge is 0.271 e. The lowest BCUT2D eigenvalue weighted by Gasteiger charge is -2.15. The average molecular weight is 417 g/mol. The van der Waals surface area contributed by atoms with Crippen molar-refractivity contribution in [3.05, 3.63) is 63.5 Å². The predicted molar refractivity (Wildman–Crippen MR) is 112 cm³/mol. The van der Waals surface area contributed by atoms with Gasteiger partial charge in [-0.1, -0.05) is 59.8 Å². The van der Waals surface area contributed by atoms with Crippen molar-refractivity contribution in [2.24, 2.45) is 0 Å². The number of carbonyl (C=O) groups is 2. The maximum Gasteiger partial charge on any atom is 0.271 e. The molecule has 136 valence electrons. The van der Waals surface area contributed by atoms with Crippen molar-refractivity contribution in [1.29, 1.82) is 0 Å². The molecular weight excluding hydrogens is 404 g/mol. The second-order valence-corrected chi connectivity index (χ2v) is 8.09. The molecule has 0 atom stereocenters. The molecule has 4 rings (SSSR count). The van der Waals surface area contributed by atoms with E-state index in [1.54, 1.807) is 36.4 Å². The van der Waals surface area contributed by atoms with Crippen LogP contribution >= 0.6 is 35.6 Å². The Bertz CT molecular complexity index is 1050. The topological polar surface area (TPSA) is 60.9 Å². The molecule has 0 saturated carbocycles. The van der Waals surface area contributed by atoms with Crippen LogP contribution in [0.25, 0.3) is 5.57 Å². The van der Waals surface area contributed by atoms with Crippen LogP contribution < -0.4 is 9.80 Å². The van der Waals surface area contributed by atoms with Gasteiger partial charge in [-0.3, -0.25) is 19.4 Å². The first-order chi connectivity index (χ1) is 12.9. The maximum atomic E-state index is 13.1. The van der Waals surface area contributed by atoms with E-state index in [0.717, 1.165) is 17.3 Å². The molecule has 27 heavy (non-hydrogen) atoms. The molecule has 0 spiro atoms. The summed E-state index contributed by atoms with van der Waals surface area (Å²) in [5.74, 6) is -0.788. The van der Waals surface area contributed by atoms with Crippen molar-refractivity contribution in [1.82, 2.24) is 0 Å². The second kappa shape index (κ2) is 6.76. The summed E-state index contributed by atoms with van der Waals surface area (Å²) in [6, 6.07) is 12.3. The van der Waals surface area contributed by atoms with E-state index in [9.17, 15) is 14.7 Å². The van der Waals surface area contributed by atoms with Crippen molar-refractivity contribution in [2.45, 2.75) is 6.92 Å². The highest BCUT2D eigenvalue weighted by Crippen LogP contribution is 2.45. The molecular formula is C19H13ClN2O3S2. The molecule has 1 fully saturated rings. The van der Waals surface area contributed by atoms with Crippen molar-refractivity contribution in [3.63, 3.8) is 0 Å². The number of amides is 2. The Labute approximate surface area is 170 Å². The van der Waals surface area contributed by atoms with E-state index in [-0.39, 0.29) is 16.4 Å². The minimum Gasteiger partial charge on any atom is -0.376 e. The lowest BCUT2D eigenvalue weighted by molar-refractivity contribution is -0.115. The maximum absolute atomic E-state index is 13.1. The molecule has 2 aromatic rings. The number of aliphatic hydroxyl groups is 1. The fourth-order valence-electron chi connectivity index (χ4n) is 3.10. The van der Waals surface area contributed by atoms with Gasteiger partial charge in [0.2, 0.25) is 0 Å². The zero-order chi connectivity index (χ0) is 19.3. The Balaban J connectivity index is 1.84. The summed E-state index contributed by atoms with van der Waals surface area (Å²) in [6.45, 7) is 1.41. The minimum atomic E-state index is -0.465. The quantitative estimate of drug-likeness (QED) is 0.597. The highest BCUT2D eigenvalue weighted by molar-refractivity contribution is 8.27. The number of carbonyl (C=O) groups excluding carboxylic acids is 2. The molecule has 1 N–H and O–H groups in total. The van der Waals surface area contributed by atoms with Crippen molar-refractivity contribution in [3.8, 4) is 0 Å². The zero-order valence-electron chi connectivity index (χ0n) is 14.1. The molecule has 2 heterocycles. The first kappa shape index (κ1) is 18.2. The van der Waals surface area contributed by atoms with Crippen LogP contribution in [0.4, 0.5) is 11.4 Å². The minimum absolute atomic E-state index is 0.255. The third kappa shape index (κ3) is 2.78. The molecule has 2 amide bonds. The molecule has 2 aromatic carbocycles. The standard InChI is InChI=1S/C19H13ClN2O3S2/c1-10-6-7-11(8-13(10)20)22-18(25)16(27-19(22)26)15-12-4-2-3-5-14(12)21(9-23)17(15)24/h2-8,23H,9H2,1H3. The van der Waals surface area contributed by atoms with Crippen LogP contribution in [0.5, 0.6) is 0 Å². The van der Waals surface area contributed by atoms with Gasteiger partial charge in [-0.2, -0.15) is 0 Å². The third-order valence-electron chi connectivity index (χ3n) is 4.47. The van der Waals surface area contributed by atoms with E-state index in [4.69, 9.17) is 23.8 Å². The van der Waals surface area contributed by atoms with E-state index in [1.165, 1.54) is 9.80 Å². The lowest BCUT2D eigenvalue weighted by Crippen LogP contribution is -2.29. The molecule has 5 nitrogen and oxygen atoms in total. The third-order valence-corrected chi connectivity index (χ3v) is 6.25. The molecule has 0 aliphatic carbocycles. The summed E-state index contributed by atoms with van der Waals surface area (Å²) in [6.07, 6.45) is 0. The SMILES string of the molecule is Cc1ccc(N2C(=O)C(=C3C(=O)N(CO)c4ccccc43)SC2=S)cc1Cl. The Morgan fingerprint density at radius 3 is 2.59 bits per heavy atom. The van der Waals surface area contributed by atoms with E-state index >= 15 is 0 Å². The van der Waals surface area contributed by atoms with E-state index in [2.05, 4.69) is 0 Å². The van der Waals surface area contributed by atoms with Gasteiger partial charge in [0.05, 0.1) is 21.9 Å². The summed E-state index contributed by atoms with van der Waals surface area (Å²) in [5, 5.41) is 10.1. The molecule has 0 radical (unpaired) electrons. The van der Waals surface area contributed by atoms with Gasteiger partial charge >= 0.3 is 0 Å². The van der Waals surface area contributed by atoms with E-state index in [0.29, 0.717) is 26.3 Å². The number of thiocarbonyl (C=S) groups is 1. The van der Waals surface area contributed by atoms with E-state index in [1.807, 2.05) is 13.0 Å². The van der Waals surface area contributed by atoms with Crippen LogP contribution in [0.15, 0.2) is 47.4 Å². The van der Waals surface area contributed by atoms with E-state index < -0.39 is 12.6 Å². The first-order valence-corrected chi connectivity index (χ1v) is 9.63. The number of nitrogens with zero attached hydrogens (tertiary/aromatic N) is 2. The lowest BCUT2D eigenvalue weighted by atomic mass is 10.1. The van der Waals surface area contributed by atoms with Gasteiger partial charge in [0, 0.05) is 10.6 Å². The van der Waals surface area contributed by atoms with Crippen molar-refractivity contribution < 1.29 is 14.7 Å². The normalized spacial score (nSPS) is 19.3. The summed E-state index contributed by atoms with van der Waals surface area (Å²) in [4.78, 5) is 28.8. The van der Waals surface area contributed by atoms with Crippen LogP contribution in [0.1, 0.15) is 11.1 Å². The summed E-state index contributed by atoms with van der Waals surface area (Å²) in [7, 11) is 0. The molecule has 0 aromatic heterocycles. The number of anilines is 2. The number of benzene rings is 2. The zero-order valence-corrected chi connectivity index (χ0v) is 16.5. The number of hydrogen-bond acceptors (Lipinski definition) is 5. The van der Waals surface area contributed by atoms with Crippen LogP contribution in [0, 0.1) is 6.92 Å². The first-order valence-electron chi connectivity index (χ1n) is 8.03. The number of thioether (sulfide) groups is 1. The number of aryl methyl sites for hydroxylation is 1. The number of fused-ring (bicyclic) bond motifs is 1. The predicted octanol–water partition coefficient (Wildman–Crippen LogP) is 3.72. The Kier molecular flexibility index (Phi) is 4.55. The number of halogens is 1. The van der Waals surface area contributed by atoms with Crippen molar-refractivity contribution in [2.75, 3.05) is 16.5 Å². The molecule has 0 bridgehead atoms. The highest BCUT2D eigenvalue weighted by atomic mass is 35.5. The summed E-state index contributed by atoms with van der Waals surface area (Å²) < 4.78 is 0.329. The van der Waals surface area contributed by atoms with Crippen molar-refractivity contribution >= 4 is 68.7 Å². The number of rotatable bonds is 2. The van der Waals surface area contributed by atoms with Gasteiger partial charge in [-0.05, 0) is 30.7 Å². The largest absolute Gasteiger partial charge is 0.376 e. The Hall–Kier alpha value is -2.19. The fourth-order valence-corrected chi connectivity index (χ4v) is 4.65. The summed E-state index contributed by atoms with van der Waals surface area (Å²) in [5.41, 5.74) is 2.89. The summed E-state index contributed by atoms with van der Waals surface area (Å²) >= 11 is 12.7. The number of hydrogen-bond donors (Lipinski definition) is 1. The molecule has 8 heteroatoms. The Morgan fingerprint density at radius 1 is 1.15 bits per heavy atom. The van der Waals surface area contributed by atoms with Gasteiger partial charge in [-0.25, -0.2) is 0 Å². The van der Waals surface area contributed by atoms with Crippen LogP contribution in [-0.2, 0) is 9.59 Å². The van der Waals surface area contributed by atoms with Crippen LogP contribution in [0.3, 0.4) is 0 Å². The average Bonchev–Trinajstić information content (AvgIpc) is 3.09. The number of aliphatic hydroxyl groups excluding tert-OH is 1. The molecule has 1 saturated heterocycles. The second-order valence-electron chi connectivity index (χ2n) is 6.04. The molecule has 0 unspecified atom stereocenters. The Morgan fingerprint density at radius 2 is 1.89 bits per heavy atom. The van der Waals surface area contributed by atoms with Gasteiger partial charge in [0.25, 0.3) is 11.8 Å². The molecule has 2 aliphatic heterocycles. The molecule has 2 aliphatic rings. The van der Waals surface area contributed by atoms with Gasteiger partial charge < -0.3 is 5.11 Å². The van der Waals surface area contributed by atoms with Crippen LogP contribution in [-0.4, -0.2) is 28.0 Å².